The Labute approximate surface area is 245 Å². The van der Waals surface area contributed by atoms with E-state index in [2.05, 4.69) is 36.9 Å². The molecule has 2 fully saturated rings. The molecule has 2 amide bonds. The number of rotatable bonds is 7. The summed E-state index contributed by atoms with van der Waals surface area (Å²) in [5.74, 6) is 1.04. The molecule has 1 atom stereocenters. The van der Waals surface area contributed by atoms with Crippen molar-refractivity contribution in [3.05, 3.63) is 59.2 Å². The highest BCUT2D eigenvalue weighted by atomic mass is 16.6. The molecule has 0 bridgehead atoms. The lowest BCUT2D eigenvalue weighted by molar-refractivity contribution is -0.123. The average molecular weight is 565 g/mol. The van der Waals surface area contributed by atoms with Crippen molar-refractivity contribution in [2.24, 2.45) is 11.7 Å². The van der Waals surface area contributed by atoms with Gasteiger partial charge in [-0.15, -0.1) is 0 Å². The van der Waals surface area contributed by atoms with Gasteiger partial charge in [0.15, 0.2) is 0 Å². The SMILES string of the molecule is Cc1cc(N(C)C(=O)C2CCC(Oc3cccc(CN)c3)CC2)ccc1CN1CCN(C(=O)OC(C)(C)C)[C@@H](C)C1. The van der Waals surface area contributed by atoms with Crippen LogP contribution < -0.4 is 15.4 Å². The van der Waals surface area contributed by atoms with Crippen molar-refractivity contribution in [3.63, 3.8) is 0 Å². The van der Waals surface area contributed by atoms with Gasteiger partial charge in [-0.2, -0.15) is 0 Å². The molecule has 1 saturated carbocycles. The average Bonchev–Trinajstić information content (AvgIpc) is 2.93. The molecule has 8 nitrogen and oxygen atoms in total. The Balaban J connectivity index is 1.28. The molecule has 4 rings (SSSR count). The lowest BCUT2D eigenvalue weighted by Crippen LogP contribution is -2.54. The lowest BCUT2D eigenvalue weighted by atomic mass is 9.86. The minimum atomic E-state index is -0.493. The molecule has 224 valence electrons. The third-order valence-electron chi connectivity index (χ3n) is 8.24. The summed E-state index contributed by atoms with van der Waals surface area (Å²) in [6, 6.07) is 14.3. The summed E-state index contributed by atoms with van der Waals surface area (Å²) < 4.78 is 11.8. The first kappa shape index (κ1) is 30.8. The van der Waals surface area contributed by atoms with Gasteiger partial charge in [-0.25, -0.2) is 4.79 Å². The van der Waals surface area contributed by atoms with Gasteiger partial charge in [0.2, 0.25) is 5.91 Å². The van der Waals surface area contributed by atoms with Crippen LogP contribution in [0.1, 0.15) is 70.1 Å². The molecule has 0 radical (unpaired) electrons. The van der Waals surface area contributed by atoms with Crippen molar-refractivity contribution in [1.29, 1.82) is 0 Å². The fourth-order valence-electron chi connectivity index (χ4n) is 5.84. The highest BCUT2D eigenvalue weighted by Gasteiger charge is 2.32. The molecule has 0 spiro atoms. The smallest absolute Gasteiger partial charge is 0.410 e. The van der Waals surface area contributed by atoms with Crippen molar-refractivity contribution < 1.29 is 19.1 Å². The van der Waals surface area contributed by atoms with E-state index in [1.54, 1.807) is 0 Å². The first-order chi connectivity index (χ1) is 19.4. The van der Waals surface area contributed by atoms with Crippen LogP contribution in [-0.4, -0.2) is 66.2 Å². The van der Waals surface area contributed by atoms with Gasteiger partial charge in [-0.3, -0.25) is 9.69 Å². The minimum Gasteiger partial charge on any atom is -0.490 e. The number of hydrogen-bond donors (Lipinski definition) is 1. The number of piperazine rings is 1. The number of anilines is 1. The number of amides is 2. The summed E-state index contributed by atoms with van der Waals surface area (Å²) in [4.78, 5) is 32.0. The van der Waals surface area contributed by atoms with E-state index >= 15 is 0 Å². The minimum absolute atomic E-state index is 0.0120. The Bertz CT molecular complexity index is 1200. The molecule has 1 aliphatic carbocycles. The van der Waals surface area contributed by atoms with E-state index in [0.717, 1.165) is 62.3 Å². The van der Waals surface area contributed by atoms with Gasteiger partial charge in [-0.1, -0.05) is 18.2 Å². The van der Waals surface area contributed by atoms with Crippen LogP contribution >= 0.6 is 0 Å². The highest BCUT2D eigenvalue weighted by molar-refractivity contribution is 5.94. The molecule has 2 aromatic rings. The molecule has 1 aliphatic heterocycles. The first-order valence-corrected chi connectivity index (χ1v) is 15.0. The second-order valence-electron chi connectivity index (χ2n) is 12.7. The fraction of sp³-hybridized carbons (Fsp3) is 0.576. The number of nitrogens with zero attached hydrogens (tertiary/aromatic N) is 3. The molecular formula is C33H48N4O4. The van der Waals surface area contributed by atoms with E-state index in [-0.39, 0.29) is 30.1 Å². The van der Waals surface area contributed by atoms with Crippen molar-refractivity contribution in [3.8, 4) is 5.75 Å². The van der Waals surface area contributed by atoms with Gasteiger partial charge in [-0.05, 0) is 101 Å². The van der Waals surface area contributed by atoms with Gasteiger partial charge in [0.1, 0.15) is 11.4 Å². The van der Waals surface area contributed by atoms with Crippen LogP contribution in [0.2, 0.25) is 0 Å². The van der Waals surface area contributed by atoms with E-state index in [9.17, 15) is 9.59 Å². The molecule has 2 aromatic carbocycles. The Morgan fingerprint density at radius 1 is 1.05 bits per heavy atom. The van der Waals surface area contributed by atoms with Gasteiger partial charge < -0.3 is 25.0 Å². The Morgan fingerprint density at radius 3 is 2.41 bits per heavy atom. The molecule has 1 saturated heterocycles. The molecular weight excluding hydrogens is 516 g/mol. The normalized spacial score (nSPS) is 21.8. The molecule has 0 aromatic heterocycles. The summed E-state index contributed by atoms with van der Waals surface area (Å²) >= 11 is 0. The zero-order chi connectivity index (χ0) is 29.7. The van der Waals surface area contributed by atoms with Gasteiger partial charge >= 0.3 is 6.09 Å². The monoisotopic (exact) mass is 564 g/mol. The Hall–Kier alpha value is -3.10. The van der Waals surface area contributed by atoms with Crippen LogP contribution in [0.3, 0.4) is 0 Å². The number of carbonyl (C=O) groups is 2. The van der Waals surface area contributed by atoms with Crippen LogP contribution in [0.4, 0.5) is 10.5 Å². The van der Waals surface area contributed by atoms with Crippen molar-refractivity contribution in [1.82, 2.24) is 9.80 Å². The fourth-order valence-corrected chi connectivity index (χ4v) is 5.84. The molecule has 2 N–H and O–H groups in total. The van der Waals surface area contributed by atoms with Gasteiger partial charge in [0, 0.05) is 57.4 Å². The number of ether oxygens (including phenoxy) is 2. The van der Waals surface area contributed by atoms with Crippen LogP contribution in [0, 0.1) is 12.8 Å². The quantitative estimate of drug-likeness (QED) is 0.478. The molecule has 8 heteroatoms. The topological polar surface area (TPSA) is 88.3 Å². The van der Waals surface area contributed by atoms with E-state index in [1.807, 2.05) is 61.9 Å². The van der Waals surface area contributed by atoms with Crippen LogP contribution in [0.15, 0.2) is 42.5 Å². The maximum atomic E-state index is 13.4. The summed E-state index contributed by atoms with van der Waals surface area (Å²) in [5.41, 5.74) is 9.66. The molecule has 2 aliphatic rings. The zero-order valence-electron chi connectivity index (χ0n) is 25.7. The zero-order valence-corrected chi connectivity index (χ0v) is 25.7. The summed E-state index contributed by atoms with van der Waals surface area (Å²) in [7, 11) is 1.88. The second kappa shape index (κ2) is 13.3. The number of carbonyl (C=O) groups excluding carboxylic acids is 2. The number of nitrogens with two attached hydrogens (primary N) is 1. The third-order valence-corrected chi connectivity index (χ3v) is 8.24. The second-order valence-corrected chi connectivity index (χ2v) is 12.7. The maximum absolute atomic E-state index is 13.4. The molecule has 0 unspecified atom stereocenters. The largest absolute Gasteiger partial charge is 0.490 e. The van der Waals surface area contributed by atoms with Gasteiger partial charge in [0.25, 0.3) is 0 Å². The summed E-state index contributed by atoms with van der Waals surface area (Å²) in [6.45, 7) is 13.4. The number of hydrogen-bond acceptors (Lipinski definition) is 6. The van der Waals surface area contributed by atoms with Gasteiger partial charge in [0.05, 0.1) is 6.10 Å². The first-order valence-electron chi connectivity index (χ1n) is 15.0. The van der Waals surface area contributed by atoms with Crippen molar-refractivity contribution >= 4 is 17.7 Å². The van der Waals surface area contributed by atoms with Crippen LogP contribution in [0.5, 0.6) is 5.75 Å². The molecule has 1 heterocycles. The number of aryl methyl sites for hydroxylation is 1. The van der Waals surface area contributed by atoms with E-state index < -0.39 is 5.60 Å². The predicted molar refractivity (Wildman–Crippen MR) is 163 cm³/mol. The molecule has 41 heavy (non-hydrogen) atoms. The van der Waals surface area contributed by atoms with Crippen molar-refractivity contribution in [2.45, 2.75) is 91.1 Å². The van der Waals surface area contributed by atoms with E-state index in [1.165, 1.54) is 11.1 Å². The maximum Gasteiger partial charge on any atom is 0.410 e. The highest BCUT2D eigenvalue weighted by Crippen LogP contribution is 2.31. The van der Waals surface area contributed by atoms with Crippen LogP contribution in [-0.2, 0) is 22.6 Å². The summed E-state index contributed by atoms with van der Waals surface area (Å²) in [6.07, 6.45) is 3.29. The van der Waals surface area contributed by atoms with Crippen LogP contribution in [0.25, 0.3) is 0 Å². The summed E-state index contributed by atoms with van der Waals surface area (Å²) in [5, 5.41) is 0. The third kappa shape index (κ3) is 8.23. The van der Waals surface area contributed by atoms with Crippen molar-refractivity contribution in [2.75, 3.05) is 31.6 Å². The lowest BCUT2D eigenvalue weighted by Gasteiger charge is -2.40. The Kier molecular flexibility index (Phi) is 9.97. The predicted octanol–water partition coefficient (Wildman–Crippen LogP) is 5.50. The standard InChI is InChI=1S/C33H48N4O4/c1-23-18-28(13-10-27(23)22-36-16-17-37(24(2)21-36)32(39)41-33(3,4)5)35(6)31(38)26-11-14-29(15-12-26)40-30-9-7-8-25(19-30)20-34/h7-10,13,18-19,24,26,29H,11-12,14-17,20-22,34H2,1-6H3/t24-,26?,29?/m0/s1. The van der Waals surface area contributed by atoms with E-state index in [4.69, 9.17) is 15.2 Å². The Morgan fingerprint density at radius 2 is 1.78 bits per heavy atom. The van der Waals surface area contributed by atoms with E-state index in [0.29, 0.717) is 13.1 Å². The number of benzene rings is 2.